The molecule has 0 saturated carbocycles. The van der Waals surface area contributed by atoms with E-state index in [1.165, 1.54) is 28.7 Å². The number of fused-ring (bicyclic) bond motifs is 1. The van der Waals surface area contributed by atoms with Crippen molar-refractivity contribution in [3.63, 3.8) is 0 Å². The van der Waals surface area contributed by atoms with E-state index in [0.29, 0.717) is 0 Å². The molecule has 0 amide bonds. The maximum Gasteiger partial charge on any atom is 0.0727 e. The average Bonchev–Trinajstić information content (AvgIpc) is 2.57. The first kappa shape index (κ1) is 9.72. The molecule has 1 aliphatic rings. The fraction of sp³-hybridized carbons (Fsp3) is 0.538. The molecule has 0 radical (unpaired) electrons. The first-order valence-corrected chi connectivity index (χ1v) is 5.36. The minimum Gasteiger partial charge on any atom is -0.372 e. The lowest BCUT2D eigenvalue weighted by Gasteiger charge is -2.11. The van der Waals surface area contributed by atoms with Crippen molar-refractivity contribution >= 4 is 0 Å². The van der Waals surface area contributed by atoms with Gasteiger partial charge in [0.1, 0.15) is 0 Å². The second-order valence-corrected chi connectivity index (χ2v) is 4.58. The standard InChI is InChI=1S/C13H18O/c1-9(2)6-11-4-5-12-7-14-8-13(12)10(11)3/h4-5,9H,6-8H2,1-3H3. The van der Waals surface area contributed by atoms with Crippen LogP contribution in [0, 0.1) is 12.8 Å². The van der Waals surface area contributed by atoms with Gasteiger partial charge in [0.15, 0.2) is 0 Å². The Morgan fingerprint density at radius 1 is 1.29 bits per heavy atom. The van der Waals surface area contributed by atoms with Gasteiger partial charge >= 0.3 is 0 Å². The topological polar surface area (TPSA) is 9.23 Å². The van der Waals surface area contributed by atoms with Gasteiger partial charge in [0.2, 0.25) is 0 Å². The van der Waals surface area contributed by atoms with Gasteiger partial charge in [-0.05, 0) is 41.5 Å². The Hall–Kier alpha value is -0.820. The average molecular weight is 190 g/mol. The molecule has 0 atom stereocenters. The number of ether oxygens (including phenoxy) is 1. The van der Waals surface area contributed by atoms with E-state index in [1.54, 1.807) is 0 Å². The summed E-state index contributed by atoms with van der Waals surface area (Å²) in [6.45, 7) is 8.38. The van der Waals surface area contributed by atoms with Gasteiger partial charge in [-0.1, -0.05) is 26.0 Å². The molecule has 2 rings (SSSR count). The van der Waals surface area contributed by atoms with Crippen molar-refractivity contribution in [2.45, 2.75) is 40.4 Å². The number of hydrogen-bond acceptors (Lipinski definition) is 1. The Bertz CT molecular complexity index is 339. The number of benzene rings is 1. The Kier molecular flexibility index (Phi) is 2.60. The molecule has 0 aromatic heterocycles. The highest BCUT2D eigenvalue weighted by atomic mass is 16.5. The Balaban J connectivity index is 2.35. The Morgan fingerprint density at radius 3 is 2.79 bits per heavy atom. The second kappa shape index (κ2) is 3.74. The van der Waals surface area contributed by atoms with Crippen LogP contribution in [0.2, 0.25) is 0 Å². The lowest BCUT2D eigenvalue weighted by atomic mass is 9.93. The van der Waals surface area contributed by atoms with Gasteiger partial charge in [0.25, 0.3) is 0 Å². The zero-order chi connectivity index (χ0) is 10.1. The second-order valence-electron chi connectivity index (χ2n) is 4.58. The van der Waals surface area contributed by atoms with E-state index in [4.69, 9.17) is 4.74 Å². The largest absolute Gasteiger partial charge is 0.372 e. The van der Waals surface area contributed by atoms with E-state index < -0.39 is 0 Å². The summed E-state index contributed by atoms with van der Waals surface area (Å²) in [6.07, 6.45) is 1.18. The van der Waals surface area contributed by atoms with E-state index in [-0.39, 0.29) is 0 Å². The van der Waals surface area contributed by atoms with E-state index in [0.717, 1.165) is 19.1 Å². The van der Waals surface area contributed by atoms with Crippen molar-refractivity contribution in [1.29, 1.82) is 0 Å². The smallest absolute Gasteiger partial charge is 0.0727 e. The van der Waals surface area contributed by atoms with Gasteiger partial charge in [0.05, 0.1) is 13.2 Å². The zero-order valence-electron chi connectivity index (χ0n) is 9.26. The summed E-state index contributed by atoms with van der Waals surface area (Å²) in [4.78, 5) is 0. The highest BCUT2D eigenvalue weighted by Crippen LogP contribution is 2.26. The van der Waals surface area contributed by atoms with Crippen LogP contribution < -0.4 is 0 Å². The first-order valence-electron chi connectivity index (χ1n) is 5.36. The molecule has 1 nitrogen and oxygen atoms in total. The highest BCUT2D eigenvalue weighted by molar-refractivity contribution is 5.41. The molecule has 0 spiro atoms. The van der Waals surface area contributed by atoms with Crippen molar-refractivity contribution in [3.05, 3.63) is 34.4 Å². The summed E-state index contributed by atoms with van der Waals surface area (Å²) in [5.74, 6) is 0.731. The van der Waals surface area contributed by atoms with Gasteiger partial charge < -0.3 is 4.74 Å². The fourth-order valence-corrected chi connectivity index (χ4v) is 2.12. The first-order chi connectivity index (χ1) is 6.68. The van der Waals surface area contributed by atoms with Crippen LogP contribution in [0.5, 0.6) is 0 Å². The van der Waals surface area contributed by atoms with Crippen LogP contribution in [-0.4, -0.2) is 0 Å². The van der Waals surface area contributed by atoms with Crippen LogP contribution in [-0.2, 0) is 24.4 Å². The molecule has 14 heavy (non-hydrogen) atoms. The summed E-state index contributed by atoms with van der Waals surface area (Å²) in [6, 6.07) is 4.50. The third-order valence-electron chi connectivity index (χ3n) is 2.94. The normalized spacial score (nSPS) is 14.9. The summed E-state index contributed by atoms with van der Waals surface area (Å²) in [5.41, 5.74) is 5.76. The molecule has 0 bridgehead atoms. The third kappa shape index (κ3) is 1.69. The van der Waals surface area contributed by atoms with Crippen LogP contribution in [0.3, 0.4) is 0 Å². The molecule has 76 valence electrons. The van der Waals surface area contributed by atoms with Crippen LogP contribution in [0.1, 0.15) is 36.1 Å². The summed E-state index contributed by atoms with van der Waals surface area (Å²) < 4.78 is 5.46. The summed E-state index contributed by atoms with van der Waals surface area (Å²) >= 11 is 0. The maximum atomic E-state index is 5.46. The molecule has 0 unspecified atom stereocenters. The highest BCUT2D eigenvalue weighted by Gasteiger charge is 2.15. The Morgan fingerprint density at radius 2 is 2.07 bits per heavy atom. The molecule has 0 saturated heterocycles. The lowest BCUT2D eigenvalue weighted by Crippen LogP contribution is -2.00. The van der Waals surface area contributed by atoms with E-state index >= 15 is 0 Å². The van der Waals surface area contributed by atoms with Crippen LogP contribution >= 0.6 is 0 Å². The molecule has 1 aromatic carbocycles. The summed E-state index contributed by atoms with van der Waals surface area (Å²) in [7, 11) is 0. The van der Waals surface area contributed by atoms with Gasteiger partial charge in [-0.15, -0.1) is 0 Å². The molecule has 1 aliphatic heterocycles. The number of hydrogen-bond donors (Lipinski definition) is 0. The third-order valence-corrected chi connectivity index (χ3v) is 2.94. The summed E-state index contributed by atoms with van der Waals surface area (Å²) in [5, 5.41) is 0. The van der Waals surface area contributed by atoms with E-state index in [2.05, 4.69) is 32.9 Å². The van der Waals surface area contributed by atoms with Gasteiger partial charge in [-0.3, -0.25) is 0 Å². The van der Waals surface area contributed by atoms with Crippen LogP contribution in [0.25, 0.3) is 0 Å². The maximum absolute atomic E-state index is 5.46. The van der Waals surface area contributed by atoms with Crippen LogP contribution in [0.15, 0.2) is 12.1 Å². The minimum absolute atomic E-state index is 0.731. The quantitative estimate of drug-likeness (QED) is 0.695. The molecular weight excluding hydrogens is 172 g/mol. The van der Waals surface area contributed by atoms with Gasteiger partial charge in [-0.2, -0.15) is 0 Å². The van der Waals surface area contributed by atoms with Crippen molar-refractivity contribution in [1.82, 2.24) is 0 Å². The monoisotopic (exact) mass is 190 g/mol. The molecular formula is C13H18O. The molecule has 0 aliphatic carbocycles. The molecule has 0 N–H and O–H groups in total. The van der Waals surface area contributed by atoms with Gasteiger partial charge in [0, 0.05) is 0 Å². The zero-order valence-corrected chi connectivity index (χ0v) is 9.26. The predicted molar refractivity (Wildman–Crippen MR) is 58.2 cm³/mol. The van der Waals surface area contributed by atoms with Crippen molar-refractivity contribution in [2.75, 3.05) is 0 Å². The van der Waals surface area contributed by atoms with Crippen LogP contribution in [0.4, 0.5) is 0 Å². The van der Waals surface area contributed by atoms with E-state index in [9.17, 15) is 0 Å². The number of rotatable bonds is 2. The van der Waals surface area contributed by atoms with Crippen molar-refractivity contribution in [2.24, 2.45) is 5.92 Å². The van der Waals surface area contributed by atoms with Gasteiger partial charge in [-0.25, -0.2) is 0 Å². The minimum atomic E-state index is 0.731. The van der Waals surface area contributed by atoms with E-state index in [1.807, 2.05) is 0 Å². The molecule has 1 heterocycles. The lowest BCUT2D eigenvalue weighted by molar-refractivity contribution is 0.134. The van der Waals surface area contributed by atoms with Crippen molar-refractivity contribution < 1.29 is 4.74 Å². The molecule has 1 aromatic rings. The SMILES string of the molecule is Cc1c(CC(C)C)ccc2c1COC2. The molecule has 0 fully saturated rings. The Labute approximate surface area is 86.1 Å². The predicted octanol–water partition coefficient (Wildman–Crippen LogP) is 3.22. The molecule has 1 heteroatoms. The fourth-order valence-electron chi connectivity index (χ4n) is 2.12. The van der Waals surface area contributed by atoms with Crippen molar-refractivity contribution in [3.8, 4) is 0 Å².